The first kappa shape index (κ1) is 22.3. The summed E-state index contributed by atoms with van der Waals surface area (Å²) in [6.45, 7) is 12.7. The number of benzene rings is 2. The molecule has 0 bridgehead atoms. The van der Waals surface area contributed by atoms with Gasteiger partial charge >= 0.3 is 6.03 Å². The quantitative estimate of drug-likeness (QED) is 0.639. The van der Waals surface area contributed by atoms with E-state index in [-0.39, 0.29) is 24.8 Å². The zero-order chi connectivity index (χ0) is 21.9. The number of amides is 2. The number of rotatable bonds is 6. The lowest BCUT2D eigenvalue weighted by atomic mass is 9.93. The van der Waals surface area contributed by atoms with E-state index >= 15 is 0 Å². The molecule has 3 rings (SSSR count). The van der Waals surface area contributed by atoms with Crippen molar-refractivity contribution in [3.63, 3.8) is 0 Å². The SMILES string of the molecule is CC(C)c1cccc(C(C)C)c1NC(=O)NC[C@]1(c2ccccc2)O[C@@H](C)[C@@H](C)O1. The Labute approximate surface area is 180 Å². The van der Waals surface area contributed by atoms with E-state index in [1.807, 2.05) is 44.2 Å². The van der Waals surface area contributed by atoms with Crippen LogP contribution in [0.15, 0.2) is 48.5 Å². The number of hydrogen-bond donors (Lipinski definition) is 2. The molecule has 0 radical (unpaired) electrons. The molecular weight excluding hydrogens is 376 g/mol. The van der Waals surface area contributed by atoms with Crippen LogP contribution < -0.4 is 10.6 Å². The first-order valence-electron chi connectivity index (χ1n) is 10.8. The lowest BCUT2D eigenvalue weighted by molar-refractivity contribution is -0.176. The second-order valence-corrected chi connectivity index (χ2v) is 8.69. The fraction of sp³-hybridized carbons (Fsp3) is 0.480. The highest BCUT2D eigenvalue weighted by molar-refractivity contribution is 5.91. The average molecular weight is 411 g/mol. The van der Waals surface area contributed by atoms with E-state index in [9.17, 15) is 4.79 Å². The van der Waals surface area contributed by atoms with Crippen LogP contribution in [-0.2, 0) is 15.3 Å². The van der Waals surface area contributed by atoms with Crippen LogP contribution in [0.4, 0.5) is 10.5 Å². The van der Waals surface area contributed by atoms with E-state index < -0.39 is 5.79 Å². The summed E-state index contributed by atoms with van der Waals surface area (Å²) in [5, 5.41) is 6.08. The van der Waals surface area contributed by atoms with E-state index in [4.69, 9.17) is 9.47 Å². The van der Waals surface area contributed by atoms with Crippen LogP contribution in [0.5, 0.6) is 0 Å². The summed E-state index contributed by atoms with van der Waals surface area (Å²) < 4.78 is 12.4. The van der Waals surface area contributed by atoms with Crippen LogP contribution in [0, 0.1) is 0 Å². The number of hydrogen-bond acceptors (Lipinski definition) is 3. The number of urea groups is 1. The summed E-state index contributed by atoms with van der Waals surface area (Å²) >= 11 is 0. The largest absolute Gasteiger partial charge is 0.339 e. The zero-order valence-electron chi connectivity index (χ0n) is 18.9. The van der Waals surface area contributed by atoms with Crippen molar-refractivity contribution in [2.24, 2.45) is 0 Å². The maximum Gasteiger partial charge on any atom is 0.319 e. The van der Waals surface area contributed by atoms with Gasteiger partial charge in [0.2, 0.25) is 5.79 Å². The van der Waals surface area contributed by atoms with Crippen molar-refractivity contribution in [1.29, 1.82) is 0 Å². The number of para-hydroxylation sites is 1. The van der Waals surface area contributed by atoms with E-state index in [1.54, 1.807) is 0 Å². The van der Waals surface area contributed by atoms with Crippen molar-refractivity contribution >= 4 is 11.7 Å². The van der Waals surface area contributed by atoms with Crippen LogP contribution in [0.25, 0.3) is 0 Å². The van der Waals surface area contributed by atoms with Gasteiger partial charge in [0, 0.05) is 11.3 Å². The third-order valence-electron chi connectivity index (χ3n) is 5.72. The number of carbonyl (C=O) groups excluding carboxylic acids is 1. The maximum atomic E-state index is 12.9. The van der Waals surface area contributed by atoms with E-state index in [0.717, 1.165) is 22.4 Å². The summed E-state index contributed by atoms with van der Waals surface area (Å²) in [5.41, 5.74) is 4.05. The van der Waals surface area contributed by atoms with Crippen molar-refractivity contribution in [2.45, 2.75) is 71.4 Å². The van der Waals surface area contributed by atoms with Gasteiger partial charge in [-0.05, 0) is 36.8 Å². The second-order valence-electron chi connectivity index (χ2n) is 8.69. The fourth-order valence-electron chi connectivity index (χ4n) is 3.88. The van der Waals surface area contributed by atoms with Crippen molar-refractivity contribution < 1.29 is 14.3 Å². The molecule has 30 heavy (non-hydrogen) atoms. The molecule has 0 spiro atoms. The van der Waals surface area contributed by atoms with Gasteiger partial charge in [-0.15, -0.1) is 0 Å². The van der Waals surface area contributed by atoms with Crippen molar-refractivity contribution in [3.05, 3.63) is 65.2 Å². The molecule has 5 nitrogen and oxygen atoms in total. The molecule has 1 heterocycles. The Morgan fingerprint density at radius 3 is 1.93 bits per heavy atom. The molecule has 2 aromatic rings. The minimum Gasteiger partial charge on any atom is -0.339 e. The van der Waals surface area contributed by atoms with Crippen molar-refractivity contribution in [2.75, 3.05) is 11.9 Å². The zero-order valence-corrected chi connectivity index (χ0v) is 18.9. The summed E-state index contributed by atoms with van der Waals surface area (Å²) in [6.07, 6.45) is -0.131. The lowest BCUT2D eigenvalue weighted by Crippen LogP contribution is -2.44. The molecule has 1 fully saturated rings. The maximum absolute atomic E-state index is 12.9. The summed E-state index contributed by atoms with van der Waals surface area (Å²) in [6, 6.07) is 15.7. The first-order chi connectivity index (χ1) is 14.2. The van der Waals surface area contributed by atoms with Crippen LogP contribution in [0.3, 0.4) is 0 Å². The molecule has 5 heteroatoms. The molecule has 0 saturated carbocycles. The molecule has 2 N–H and O–H groups in total. The Kier molecular flexibility index (Phi) is 6.84. The smallest absolute Gasteiger partial charge is 0.319 e. The third-order valence-corrected chi connectivity index (χ3v) is 5.72. The topological polar surface area (TPSA) is 59.6 Å². The highest BCUT2D eigenvalue weighted by Gasteiger charge is 2.45. The van der Waals surface area contributed by atoms with Gasteiger partial charge < -0.3 is 20.1 Å². The molecule has 0 aliphatic carbocycles. The Hall–Kier alpha value is -2.37. The normalized spacial score (nSPS) is 23.7. The van der Waals surface area contributed by atoms with Gasteiger partial charge in [0.1, 0.15) is 0 Å². The Morgan fingerprint density at radius 2 is 1.43 bits per heavy atom. The van der Waals surface area contributed by atoms with Gasteiger partial charge in [0.05, 0.1) is 18.8 Å². The van der Waals surface area contributed by atoms with Gasteiger partial charge in [0.25, 0.3) is 0 Å². The van der Waals surface area contributed by atoms with E-state index in [2.05, 4.69) is 56.5 Å². The van der Waals surface area contributed by atoms with Gasteiger partial charge in [-0.25, -0.2) is 4.79 Å². The Bertz CT molecular complexity index is 828. The molecule has 162 valence electrons. The molecular formula is C25H34N2O3. The van der Waals surface area contributed by atoms with E-state index in [0.29, 0.717) is 11.8 Å². The molecule has 2 aromatic carbocycles. The van der Waals surface area contributed by atoms with Crippen LogP contribution >= 0.6 is 0 Å². The fourth-order valence-corrected chi connectivity index (χ4v) is 3.88. The first-order valence-corrected chi connectivity index (χ1v) is 10.8. The van der Waals surface area contributed by atoms with E-state index in [1.165, 1.54) is 0 Å². The predicted molar refractivity (Wildman–Crippen MR) is 121 cm³/mol. The summed E-state index contributed by atoms with van der Waals surface area (Å²) in [7, 11) is 0. The van der Waals surface area contributed by atoms with Crippen molar-refractivity contribution in [1.82, 2.24) is 5.32 Å². The minimum atomic E-state index is -0.990. The highest BCUT2D eigenvalue weighted by Crippen LogP contribution is 2.37. The van der Waals surface area contributed by atoms with Gasteiger partial charge in [-0.2, -0.15) is 0 Å². The van der Waals surface area contributed by atoms with Crippen LogP contribution in [0.1, 0.15) is 70.1 Å². The second kappa shape index (κ2) is 9.19. The predicted octanol–water partition coefficient (Wildman–Crippen LogP) is 5.73. The number of nitrogens with one attached hydrogen (secondary N) is 2. The van der Waals surface area contributed by atoms with Crippen LogP contribution in [-0.4, -0.2) is 24.8 Å². The molecule has 1 aliphatic rings. The molecule has 3 atom stereocenters. The van der Waals surface area contributed by atoms with Gasteiger partial charge in [-0.3, -0.25) is 0 Å². The monoisotopic (exact) mass is 410 g/mol. The number of anilines is 1. The Balaban J connectivity index is 1.80. The minimum absolute atomic E-state index is 0.0655. The summed E-state index contributed by atoms with van der Waals surface area (Å²) in [5.74, 6) is -0.383. The molecule has 0 unspecified atom stereocenters. The molecule has 1 aliphatic heterocycles. The molecule has 0 aromatic heterocycles. The Morgan fingerprint density at radius 1 is 0.900 bits per heavy atom. The molecule has 2 amide bonds. The average Bonchev–Trinajstić information content (AvgIpc) is 3.02. The number of carbonyl (C=O) groups is 1. The van der Waals surface area contributed by atoms with Crippen LogP contribution in [0.2, 0.25) is 0 Å². The van der Waals surface area contributed by atoms with Crippen molar-refractivity contribution in [3.8, 4) is 0 Å². The highest BCUT2D eigenvalue weighted by atomic mass is 16.8. The third kappa shape index (κ3) is 4.68. The molecule has 1 saturated heterocycles. The lowest BCUT2D eigenvalue weighted by Gasteiger charge is -2.29. The standard InChI is InChI=1S/C25H34N2O3/c1-16(2)21-13-10-14-22(17(3)4)23(21)27-24(28)26-15-25(20-11-8-7-9-12-20)29-18(5)19(6)30-25/h7-14,16-19H,15H2,1-6H3,(H2,26,27,28)/t18-,19+,25-. The van der Waals surface area contributed by atoms with Gasteiger partial charge in [-0.1, -0.05) is 76.2 Å². The van der Waals surface area contributed by atoms with Gasteiger partial charge in [0.15, 0.2) is 0 Å². The number of ether oxygens (including phenoxy) is 2. The summed E-state index contributed by atoms with van der Waals surface area (Å²) in [4.78, 5) is 12.9.